The van der Waals surface area contributed by atoms with Gasteiger partial charge < -0.3 is 14.2 Å². The monoisotopic (exact) mass is 388 g/mol. The van der Waals surface area contributed by atoms with Crippen LogP contribution in [-0.2, 0) is 11.3 Å². The number of furan rings is 1. The van der Waals surface area contributed by atoms with Crippen molar-refractivity contribution < 1.29 is 13.6 Å². The molecule has 1 amide bonds. The van der Waals surface area contributed by atoms with E-state index >= 15 is 0 Å². The average molecular weight is 389 g/mol. The number of rotatable bonds is 8. The Morgan fingerprint density at radius 2 is 2.04 bits per heavy atom. The largest absolute Gasteiger partial charge is 0.459 e. The van der Waals surface area contributed by atoms with E-state index in [0.29, 0.717) is 41.3 Å². The number of nitrogens with one attached hydrogen (secondary N) is 1. The van der Waals surface area contributed by atoms with Crippen LogP contribution < -0.4 is 5.32 Å². The van der Waals surface area contributed by atoms with E-state index in [1.54, 1.807) is 42.7 Å². The maximum absolute atomic E-state index is 12.6. The van der Waals surface area contributed by atoms with Crippen LogP contribution in [-0.4, -0.2) is 33.6 Å². The number of anilines is 1. The summed E-state index contributed by atoms with van der Waals surface area (Å²) in [5.41, 5.74) is 0.700. The van der Waals surface area contributed by atoms with Gasteiger partial charge in [0.1, 0.15) is 0 Å². The Hall–Kier alpha value is -2.64. The predicted octanol–water partition coefficient (Wildman–Crippen LogP) is 4.22. The van der Waals surface area contributed by atoms with E-state index in [-0.39, 0.29) is 11.9 Å². The van der Waals surface area contributed by atoms with Crippen LogP contribution >= 0.6 is 11.6 Å². The van der Waals surface area contributed by atoms with Crippen molar-refractivity contribution in [2.45, 2.75) is 32.9 Å². The molecule has 0 aliphatic carbocycles. The lowest BCUT2D eigenvalue weighted by atomic mass is 10.2. The summed E-state index contributed by atoms with van der Waals surface area (Å²) in [7, 11) is 0. The fourth-order valence-electron chi connectivity index (χ4n) is 2.63. The number of carbonyl (C=O) groups excluding carboxylic acids is 1. The highest BCUT2D eigenvalue weighted by Gasteiger charge is 2.23. The minimum Gasteiger partial charge on any atom is -0.459 e. The number of hydrogen-bond acceptors (Lipinski definition) is 6. The average Bonchev–Trinajstić information content (AvgIpc) is 3.34. The summed E-state index contributed by atoms with van der Waals surface area (Å²) in [6.07, 6.45) is 2.43. The molecule has 3 aromatic rings. The predicted molar refractivity (Wildman–Crippen MR) is 102 cm³/mol. The van der Waals surface area contributed by atoms with Gasteiger partial charge >= 0.3 is 0 Å². The first-order valence-electron chi connectivity index (χ1n) is 8.73. The molecule has 142 valence electrons. The van der Waals surface area contributed by atoms with Gasteiger partial charge in [-0.25, -0.2) is 0 Å². The van der Waals surface area contributed by atoms with Gasteiger partial charge in [-0.15, -0.1) is 10.2 Å². The third kappa shape index (κ3) is 4.96. The van der Waals surface area contributed by atoms with E-state index in [4.69, 9.17) is 20.4 Å². The van der Waals surface area contributed by atoms with Crippen LogP contribution in [0.15, 0.2) is 51.5 Å². The molecule has 0 saturated carbocycles. The second-order valence-electron chi connectivity index (χ2n) is 6.12. The maximum atomic E-state index is 12.6. The molecule has 0 radical (unpaired) electrons. The Morgan fingerprint density at radius 3 is 2.70 bits per heavy atom. The summed E-state index contributed by atoms with van der Waals surface area (Å²) in [5, 5.41) is 11.6. The fourth-order valence-corrected chi connectivity index (χ4v) is 2.76. The number of hydrogen-bond donors (Lipinski definition) is 1. The first kappa shape index (κ1) is 19.1. The van der Waals surface area contributed by atoms with Crippen molar-refractivity contribution in [3.8, 4) is 11.7 Å². The summed E-state index contributed by atoms with van der Waals surface area (Å²) in [4.78, 5) is 14.6. The van der Waals surface area contributed by atoms with Crippen molar-refractivity contribution in [1.82, 2.24) is 15.1 Å². The van der Waals surface area contributed by atoms with Crippen molar-refractivity contribution in [2.24, 2.45) is 0 Å². The minimum absolute atomic E-state index is 0.114. The van der Waals surface area contributed by atoms with Crippen LogP contribution in [0.4, 0.5) is 5.69 Å². The van der Waals surface area contributed by atoms with Gasteiger partial charge in [0.2, 0.25) is 11.8 Å². The summed E-state index contributed by atoms with van der Waals surface area (Å²) in [6.45, 7) is 4.99. The Morgan fingerprint density at radius 1 is 1.26 bits per heavy atom. The van der Waals surface area contributed by atoms with E-state index < -0.39 is 0 Å². The number of amides is 1. The van der Waals surface area contributed by atoms with Crippen LogP contribution in [0.5, 0.6) is 0 Å². The van der Waals surface area contributed by atoms with E-state index in [0.717, 1.165) is 6.42 Å². The van der Waals surface area contributed by atoms with Crippen LogP contribution in [0.1, 0.15) is 26.2 Å². The lowest BCUT2D eigenvalue weighted by Gasteiger charge is -2.26. The molecule has 0 fully saturated rings. The summed E-state index contributed by atoms with van der Waals surface area (Å²) in [6, 6.07) is 10.1. The number of nitrogens with zero attached hydrogens (tertiary/aromatic N) is 3. The quantitative estimate of drug-likeness (QED) is 0.621. The fraction of sp³-hybridized carbons (Fsp3) is 0.316. The number of halogens is 1. The summed E-state index contributed by atoms with van der Waals surface area (Å²) < 4.78 is 10.9. The molecule has 0 aliphatic heterocycles. The maximum Gasteiger partial charge on any atom is 0.283 e. The standard InChI is InChI=1S/C19H21ClN4O3/c1-3-10-24(12-17-22-23-19(27-17)16-5-4-11-26-16)13(2)18(25)21-15-8-6-14(20)7-9-15/h4-9,11,13H,3,10,12H2,1-2H3,(H,21,25)/t13-/m1/s1. The van der Waals surface area contributed by atoms with Gasteiger partial charge in [0.05, 0.1) is 18.8 Å². The molecule has 0 aliphatic rings. The van der Waals surface area contributed by atoms with E-state index in [1.165, 1.54) is 0 Å². The normalized spacial score (nSPS) is 12.3. The third-order valence-electron chi connectivity index (χ3n) is 4.09. The Bertz CT molecular complexity index is 861. The smallest absolute Gasteiger partial charge is 0.283 e. The second kappa shape index (κ2) is 8.83. The molecule has 1 N–H and O–H groups in total. The van der Waals surface area contributed by atoms with Crippen LogP contribution in [0.3, 0.4) is 0 Å². The molecule has 0 saturated heterocycles. The third-order valence-corrected chi connectivity index (χ3v) is 4.34. The molecule has 0 spiro atoms. The van der Waals surface area contributed by atoms with Gasteiger partial charge in [0, 0.05) is 10.7 Å². The van der Waals surface area contributed by atoms with Gasteiger partial charge in [0.15, 0.2) is 5.76 Å². The SMILES string of the molecule is CCCN(Cc1nnc(-c2ccco2)o1)[C@H](C)C(=O)Nc1ccc(Cl)cc1. The van der Waals surface area contributed by atoms with Gasteiger partial charge in [-0.2, -0.15) is 0 Å². The number of benzene rings is 1. The van der Waals surface area contributed by atoms with Crippen molar-refractivity contribution in [3.05, 3.63) is 53.6 Å². The van der Waals surface area contributed by atoms with E-state index in [2.05, 4.69) is 22.4 Å². The van der Waals surface area contributed by atoms with E-state index in [1.807, 2.05) is 11.8 Å². The molecule has 3 rings (SSSR count). The molecule has 2 aromatic heterocycles. The van der Waals surface area contributed by atoms with Crippen LogP contribution in [0.25, 0.3) is 11.7 Å². The molecule has 2 heterocycles. The summed E-state index contributed by atoms with van der Waals surface area (Å²) in [5.74, 6) is 1.16. The number of aromatic nitrogens is 2. The Kier molecular flexibility index (Phi) is 6.26. The Labute approximate surface area is 162 Å². The molecule has 27 heavy (non-hydrogen) atoms. The topological polar surface area (TPSA) is 84.4 Å². The minimum atomic E-state index is -0.375. The van der Waals surface area contributed by atoms with Gasteiger partial charge in [-0.05, 0) is 56.3 Å². The van der Waals surface area contributed by atoms with Crippen molar-refractivity contribution in [3.63, 3.8) is 0 Å². The molecule has 0 bridgehead atoms. The molecule has 8 heteroatoms. The van der Waals surface area contributed by atoms with Crippen molar-refractivity contribution >= 4 is 23.2 Å². The Balaban J connectivity index is 1.66. The molecule has 7 nitrogen and oxygen atoms in total. The zero-order valence-electron chi connectivity index (χ0n) is 15.2. The van der Waals surface area contributed by atoms with Crippen LogP contribution in [0, 0.1) is 0 Å². The van der Waals surface area contributed by atoms with Crippen molar-refractivity contribution in [1.29, 1.82) is 0 Å². The first-order valence-corrected chi connectivity index (χ1v) is 9.11. The molecule has 1 atom stereocenters. The zero-order valence-corrected chi connectivity index (χ0v) is 15.9. The number of carbonyl (C=O) groups is 1. The van der Waals surface area contributed by atoms with Gasteiger partial charge in [0.25, 0.3) is 5.89 Å². The first-order chi connectivity index (χ1) is 13.1. The highest BCUT2D eigenvalue weighted by atomic mass is 35.5. The lowest BCUT2D eigenvalue weighted by Crippen LogP contribution is -2.42. The molecular formula is C19H21ClN4O3. The van der Waals surface area contributed by atoms with Gasteiger partial charge in [-0.3, -0.25) is 9.69 Å². The lowest BCUT2D eigenvalue weighted by molar-refractivity contribution is -0.121. The van der Waals surface area contributed by atoms with E-state index in [9.17, 15) is 4.79 Å². The highest BCUT2D eigenvalue weighted by Crippen LogP contribution is 2.19. The summed E-state index contributed by atoms with van der Waals surface area (Å²) >= 11 is 5.88. The molecule has 0 unspecified atom stereocenters. The van der Waals surface area contributed by atoms with Crippen molar-refractivity contribution in [2.75, 3.05) is 11.9 Å². The van der Waals surface area contributed by atoms with Crippen LogP contribution in [0.2, 0.25) is 5.02 Å². The molecule has 1 aromatic carbocycles. The second-order valence-corrected chi connectivity index (χ2v) is 6.56. The molecular weight excluding hydrogens is 368 g/mol. The van der Waals surface area contributed by atoms with Gasteiger partial charge in [-0.1, -0.05) is 18.5 Å². The zero-order chi connectivity index (χ0) is 19.2. The highest BCUT2D eigenvalue weighted by molar-refractivity contribution is 6.30.